The van der Waals surface area contributed by atoms with E-state index in [-0.39, 0.29) is 12.0 Å². The molecule has 1 aliphatic heterocycles. The largest absolute Gasteiger partial charge is 0.370 e. The van der Waals surface area contributed by atoms with E-state index in [1.54, 1.807) is 0 Å². The molecule has 1 aromatic heterocycles. The van der Waals surface area contributed by atoms with Gasteiger partial charge < -0.3 is 14.6 Å². The Kier molecular flexibility index (Phi) is 3.90. The third-order valence-corrected chi connectivity index (χ3v) is 2.80. The molecule has 90 valence electrons. The molecule has 0 amide bonds. The minimum atomic E-state index is 0.0452. The number of nitrogens with zero attached hydrogens (tertiary/aromatic N) is 2. The highest BCUT2D eigenvalue weighted by atomic mass is 16.5. The number of ether oxygens (including phenoxy) is 1. The van der Waals surface area contributed by atoms with Crippen LogP contribution in [-0.4, -0.2) is 29.8 Å². The van der Waals surface area contributed by atoms with Gasteiger partial charge in [0.05, 0.1) is 0 Å². The van der Waals surface area contributed by atoms with E-state index < -0.39 is 0 Å². The van der Waals surface area contributed by atoms with Crippen LogP contribution in [0.5, 0.6) is 0 Å². The molecule has 0 saturated carbocycles. The van der Waals surface area contributed by atoms with Crippen LogP contribution >= 0.6 is 0 Å². The third kappa shape index (κ3) is 2.59. The molecule has 5 heteroatoms. The van der Waals surface area contributed by atoms with Crippen molar-refractivity contribution >= 4 is 0 Å². The van der Waals surface area contributed by atoms with E-state index in [1.807, 2.05) is 0 Å². The number of hydrogen-bond acceptors (Lipinski definition) is 5. The lowest BCUT2D eigenvalue weighted by atomic mass is 10.2. The highest BCUT2D eigenvalue weighted by Crippen LogP contribution is 2.27. The van der Waals surface area contributed by atoms with Gasteiger partial charge in [-0.2, -0.15) is 4.98 Å². The Labute approximate surface area is 95.6 Å². The molecule has 5 nitrogen and oxygen atoms in total. The Morgan fingerprint density at radius 1 is 1.56 bits per heavy atom. The molecule has 16 heavy (non-hydrogen) atoms. The molecular formula is C11H19N3O2. The zero-order valence-corrected chi connectivity index (χ0v) is 9.90. The zero-order chi connectivity index (χ0) is 11.4. The molecule has 1 fully saturated rings. The molecule has 2 heterocycles. The van der Waals surface area contributed by atoms with Crippen molar-refractivity contribution in [3.63, 3.8) is 0 Å². The molecule has 2 atom stereocenters. The maximum atomic E-state index is 5.51. The first kappa shape index (κ1) is 11.5. The van der Waals surface area contributed by atoms with Gasteiger partial charge in [0.15, 0.2) is 0 Å². The summed E-state index contributed by atoms with van der Waals surface area (Å²) in [5.41, 5.74) is 0. The van der Waals surface area contributed by atoms with Crippen molar-refractivity contribution in [2.24, 2.45) is 0 Å². The summed E-state index contributed by atoms with van der Waals surface area (Å²) in [6, 6.07) is 0. The van der Waals surface area contributed by atoms with Gasteiger partial charge in [-0.1, -0.05) is 19.0 Å². The fourth-order valence-corrected chi connectivity index (χ4v) is 1.81. The maximum Gasteiger partial charge on any atom is 0.230 e. The molecule has 2 unspecified atom stereocenters. The van der Waals surface area contributed by atoms with Crippen LogP contribution in [-0.2, 0) is 4.74 Å². The smallest absolute Gasteiger partial charge is 0.230 e. The highest BCUT2D eigenvalue weighted by Gasteiger charge is 2.24. The van der Waals surface area contributed by atoms with Gasteiger partial charge in [-0.05, 0) is 19.4 Å². The average molecular weight is 225 g/mol. The Hall–Kier alpha value is -0.940. The maximum absolute atomic E-state index is 5.51. The van der Waals surface area contributed by atoms with Crippen LogP contribution in [0.4, 0.5) is 0 Å². The average Bonchev–Trinajstić information content (AvgIpc) is 2.94. The summed E-state index contributed by atoms with van der Waals surface area (Å²) < 4.78 is 10.8. The van der Waals surface area contributed by atoms with Gasteiger partial charge in [0.2, 0.25) is 11.7 Å². The molecule has 0 aliphatic carbocycles. The second-order valence-corrected chi connectivity index (χ2v) is 4.20. The van der Waals surface area contributed by atoms with Crippen LogP contribution in [0, 0.1) is 0 Å². The van der Waals surface area contributed by atoms with Crippen LogP contribution in [0.25, 0.3) is 0 Å². The summed E-state index contributed by atoms with van der Waals surface area (Å²) >= 11 is 0. The number of rotatable bonds is 5. The van der Waals surface area contributed by atoms with E-state index in [1.165, 1.54) is 0 Å². The first-order chi connectivity index (χ1) is 7.81. The number of nitrogens with one attached hydrogen (secondary N) is 1. The van der Waals surface area contributed by atoms with E-state index in [0.717, 1.165) is 32.5 Å². The minimum absolute atomic E-state index is 0.0452. The van der Waals surface area contributed by atoms with Crippen molar-refractivity contribution in [3.8, 4) is 0 Å². The summed E-state index contributed by atoms with van der Waals surface area (Å²) in [4.78, 5) is 4.40. The monoisotopic (exact) mass is 225 g/mol. The number of aromatic nitrogens is 2. The van der Waals surface area contributed by atoms with Gasteiger partial charge in [-0.3, -0.25) is 0 Å². The van der Waals surface area contributed by atoms with Crippen molar-refractivity contribution in [2.45, 2.75) is 38.7 Å². The summed E-state index contributed by atoms with van der Waals surface area (Å²) in [6.07, 6.45) is 2.13. The quantitative estimate of drug-likeness (QED) is 0.825. The standard InChI is InChI=1S/C11H19N3O2/c1-3-12-7-8(2)11-13-10(14-16-11)9-5-4-6-15-9/h8-9,12H,3-7H2,1-2H3. The first-order valence-corrected chi connectivity index (χ1v) is 5.97. The van der Waals surface area contributed by atoms with Crippen LogP contribution in [0.2, 0.25) is 0 Å². The predicted molar refractivity (Wildman–Crippen MR) is 59.2 cm³/mol. The van der Waals surface area contributed by atoms with Crippen molar-refractivity contribution < 1.29 is 9.26 Å². The van der Waals surface area contributed by atoms with Gasteiger partial charge in [-0.25, -0.2) is 0 Å². The lowest BCUT2D eigenvalue weighted by Crippen LogP contribution is -2.19. The molecule has 1 aliphatic rings. The Morgan fingerprint density at radius 2 is 2.44 bits per heavy atom. The molecule has 0 bridgehead atoms. The normalized spacial score (nSPS) is 22.5. The van der Waals surface area contributed by atoms with E-state index in [4.69, 9.17) is 9.26 Å². The fourth-order valence-electron chi connectivity index (χ4n) is 1.81. The first-order valence-electron chi connectivity index (χ1n) is 5.97. The van der Waals surface area contributed by atoms with Crippen molar-refractivity contribution in [3.05, 3.63) is 11.7 Å². The summed E-state index contributed by atoms with van der Waals surface area (Å²) in [5, 5.41) is 7.25. The van der Waals surface area contributed by atoms with Crippen LogP contribution in [0.3, 0.4) is 0 Å². The minimum Gasteiger partial charge on any atom is -0.370 e. The summed E-state index contributed by atoms with van der Waals surface area (Å²) in [6.45, 7) is 6.79. The Morgan fingerprint density at radius 3 is 3.12 bits per heavy atom. The lowest BCUT2D eigenvalue weighted by Gasteiger charge is -2.05. The SMILES string of the molecule is CCNCC(C)c1nc(C2CCCO2)no1. The molecule has 0 spiro atoms. The molecule has 0 aromatic carbocycles. The number of likely N-dealkylation sites (N-methyl/N-ethyl adjacent to an activating group) is 1. The van der Waals surface area contributed by atoms with Gasteiger partial charge in [0, 0.05) is 19.1 Å². The van der Waals surface area contributed by atoms with Gasteiger partial charge in [0.25, 0.3) is 0 Å². The van der Waals surface area contributed by atoms with Gasteiger partial charge in [0.1, 0.15) is 6.10 Å². The van der Waals surface area contributed by atoms with E-state index in [2.05, 4.69) is 29.3 Å². The molecule has 1 saturated heterocycles. The molecule has 1 N–H and O–H groups in total. The van der Waals surface area contributed by atoms with Crippen molar-refractivity contribution in [2.75, 3.05) is 19.7 Å². The fraction of sp³-hybridized carbons (Fsp3) is 0.818. The summed E-state index contributed by atoms with van der Waals surface area (Å²) in [7, 11) is 0. The van der Waals surface area contributed by atoms with Gasteiger partial charge in [-0.15, -0.1) is 0 Å². The Bertz CT molecular complexity index is 321. The third-order valence-electron chi connectivity index (χ3n) is 2.80. The summed E-state index contributed by atoms with van der Waals surface area (Å²) in [5.74, 6) is 1.66. The zero-order valence-electron chi connectivity index (χ0n) is 9.90. The van der Waals surface area contributed by atoms with Crippen molar-refractivity contribution in [1.82, 2.24) is 15.5 Å². The topological polar surface area (TPSA) is 60.2 Å². The molecule has 2 rings (SSSR count). The molecule has 1 aromatic rings. The van der Waals surface area contributed by atoms with Crippen LogP contribution in [0.1, 0.15) is 50.4 Å². The lowest BCUT2D eigenvalue weighted by molar-refractivity contribution is 0.103. The van der Waals surface area contributed by atoms with E-state index in [9.17, 15) is 0 Å². The van der Waals surface area contributed by atoms with Crippen LogP contribution < -0.4 is 5.32 Å². The van der Waals surface area contributed by atoms with Crippen LogP contribution in [0.15, 0.2) is 4.52 Å². The predicted octanol–water partition coefficient (Wildman–Crippen LogP) is 1.63. The Balaban J connectivity index is 1.95. The second-order valence-electron chi connectivity index (χ2n) is 4.20. The van der Waals surface area contributed by atoms with Gasteiger partial charge >= 0.3 is 0 Å². The van der Waals surface area contributed by atoms with E-state index in [0.29, 0.717) is 11.7 Å². The van der Waals surface area contributed by atoms with E-state index >= 15 is 0 Å². The molecular weight excluding hydrogens is 206 g/mol. The second kappa shape index (κ2) is 5.41. The number of hydrogen-bond donors (Lipinski definition) is 1. The highest BCUT2D eigenvalue weighted by molar-refractivity contribution is 4.97. The molecule has 0 radical (unpaired) electrons. The van der Waals surface area contributed by atoms with Crippen molar-refractivity contribution in [1.29, 1.82) is 0 Å².